The summed E-state index contributed by atoms with van der Waals surface area (Å²) in [6.45, 7) is -0.149. The number of fused-ring (bicyclic) bond motifs is 1. The highest BCUT2D eigenvalue weighted by Crippen LogP contribution is 2.37. The molecule has 2 heterocycles. The van der Waals surface area contributed by atoms with Crippen molar-refractivity contribution in [2.75, 3.05) is 6.61 Å². The summed E-state index contributed by atoms with van der Waals surface area (Å²) in [5, 5.41) is 30.2. The van der Waals surface area contributed by atoms with Crippen LogP contribution in [0, 0.1) is 5.92 Å². The number of aromatic nitrogens is 3. The van der Waals surface area contributed by atoms with Crippen LogP contribution in [-0.2, 0) is 0 Å². The Morgan fingerprint density at radius 1 is 1.32 bits per heavy atom. The SMILES string of the molecule is OC[C@H]1C[C@@H](n2ccc3c(Cl)ncnc32)[C@H](O)[C@@H]1O. The van der Waals surface area contributed by atoms with Crippen LogP contribution in [-0.4, -0.2) is 48.7 Å². The first-order chi connectivity index (χ1) is 9.13. The molecule has 2 aromatic heterocycles. The Bertz CT molecular complexity index is 603. The first-order valence-corrected chi connectivity index (χ1v) is 6.45. The molecule has 19 heavy (non-hydrogen) atoms. The van der Waals surface area contributed by atoms with Gasteiger partial charge in [0.25, 0.3) is 0 Å². The van der Waals surface area contributed by atoms with E-state index in [4.69, 9.17) is 11.6 Å². The topological polar surface area (TPSA) is 91.4 Å². The van der Waals surface area contributed by atoms with Crippen LogP contribution in [0.25, 0.3) is 11.0 Å². The standard InChI is InChI=1S/C12H14ClN3O3/c13-11-7-1-2-16(12(7)15-5-14-11)8-3-6(4-17)9(18)10(8)19/h1-2,5-6,8-10,17-19H,3-4H2/t6-,8-,9-,10+/m1/s1. The summed E-state index contributed by atoms with van der Waals surface area (Å²) in [4.78, 5) is 8.07. The minimum atomic E-state index is -0.929. The number of aliphatic hydroxyl groups excluding tert-OH is 3. The molecule has 0 bridgehead atoms. The Balaban J connectivity index is 2.04. The molecule has 0 radical (unpaired) electrons. The lowest BCUT2D eigenvalue weighted by Crippen LogP contribution is -2.30. The van der Waals surface area contributed by atoms with E-state index < -0.39 is 12.2 Å². The van der Waals surface area contributed by atoms with Gasteiger partial charge in [0.1, 0.15) is 23.2 Å². The zero-order chi connectivity index (χ0) is 13.6. The molecule has 3 rings (SSSR count). The van der Waals surface area contributed by atoms with Gasteiger partial charge >= 0.3 is 0 Å². The van der Waals surface area contributed by atoms with Crippen LogP contribution in [0.3, 0.4) is 0 Å². The third-order valence-corrected chi connectivity index (χ3v) is 4.12. The van der Waals surface area contributed by atoms with Gasteiger partial charge in [0, 0.05) is 18.7 Å². The van der Waals surface area contributed by atoms with Gasteiger partial charge in [-0.3, -0.25) is 0 Å². The van der Waals surface area contributed by atoms with E-state index in [1.165, 1.54) is 6.33 Å². The molecule has 102 valence electrons. The maximum Gasteiger partial charge on any atom is 0.145 e. The highest BCUT2D eigenvalue weighted by atomic mass is 35.5. The van der Waals surface area contributed by atoms with E-state index in [0.29, 0.717) is 22.6 Å². The molecule has 2 aromatic rings. The summed E-state index contributed by atoms with van der Waals surface area (Å²) in [7, 11) is 0. The van der Waals surface area contributed by atoms with E-state index in [1.54, 1.807) is 16.8 Å². The van der Waals surface area contributed by atoms with Crippen molar-refractivity contribution in [3.05, 3.63) is 23.7 Å². The second-order valence-corrected chi connectivity index (χ2v) is 5.21. The number of halogens is 1. The Hall–Kier alpha value is -1.21. The summed E-state index contributed by atoms with van der Waals surface area (Å²) < 4.78 is 1.78. The maximum absolute atomic E-state index is 10.1. The molecule has 1 aliphatic rings. The predicted octanol–water partition coefficient (Wildman–Crippen LogP) is 0.360. The van der Waals surface area contributed by atoms with E-state index in [2.05, 4.69) is 9.97 Å². The normalized spacial score (nSPS) is 31.2. The van der Waals surface area contributed by atoms with E-state index >= 15 is 0 Å². The van der Waals surface area contributed by atoms with Crippen molar-refractivity contribution >= 4 is 22.6 Å². The van der Waals surface area contributed by atoms with Gasteiger partial charge < -0.3 is 19.9 Å². The van der Waals surface area contributed by atoms with Crippen LogP contribution in [0.1, 0.15) is 12.5 Å². The van der Waals surface area contributed by atoms with Gasteiger partial charge in [0.05, 0.1) is 17.5 Å². The lowest BCUT2D eigenvalue weighted by atomic mass is 10.1. The Kier molecular flexibility index (Phi) is 3.18. The monoisotopic (exact) mass is 283 g/mol. The Morgan fingerprint density at radius 2 is 2.11 bits per heavy atom. The molecule has 3 N–H and O–H groups in total. The molecule has 0 spiro atoms. The third kappa shape index (κ3) is 1.92. The van der Waals surface area contributed by atoms with Gasteiger partial charge in [-0.05, 0) is 12.5 Å². The average Bonchev–Trinajstić information content (AvgIpc) is 2.94. The zero-order valence-corrected chi connectivity index (χ0v) is 10.8. The van der Waals surface area contributed by atoms with Crippen molar-refractivity contribution in [1.29, 1.82) is 0 Å². The molecule has 7 heteroatoms. The molecule has 4 atom stereocenters. The highest BCUT2D eigenvalue weighted by Gasteiger charge is 2.42. The van der Waals surface area contributed by atoms with Gasteiger partial charge in [-0.1, -0.05) is 11.6 Å². The molecule has 1 saturated carbocycles. The van der Waals surface area contributed by atoms with E-state index in [1.807, 2.05) is 0 Å². The average molecular weight is 284 g/mol. The fourth-order valence-corrected chi connectivity index (χ4v) is 2.95. The number of aliphatic hydroxyl groups is 3. The van der Waals surface area contributed by atoms with E-state index in [9.17, 15) is 15.3 Å². The first-order valence-electron chi connectivity index (χ1n) is 6.07. The molecule has 0 aromatic carbocycles. The third-order valence-electron chi connectivity index (χ3n) is 3.82. The second kappa shape index (κ2) is 4.72. The van der Waals surface area contributed by atoms with Crippen LogP contribution in [0.15, 0.2) is 18.6 Å². The zero-order valence-electron chi connectivity index (χ0n) is 10.0. The molecule has 0 aliphatic heterocycles. The van der Waals surface area contributed by atoms with Crippen molar-refractivity contribution in [2.24, 2.45) is 5.92 Å². The summed E-state index contributed by atoms with van der Waals surface area (Å²) >= 11 is 5.98. The molecular weight excluding hydrogens is 270 g/mol. The lowest BCUT2D eigenvalue weighted by molar-refractivity contribution is -0.00365. The van der Waals surface area contributed by atoms with Crippen molar-refractivity contribution in [3.63, 3.8) is 0 Å². The molecule has 0 amide bonds. The van der Waals surface area contributed by atoms with Gasteiger partial charge in [-0.25, -0.2) is 9.97 Å². The highest BCUT2D eigenvalue weighted by molar-refractivity contribution is 6.33. The van der Waals surface area contributed by atoms with Crippen LogP contribution in [0.2, 0.25) is 5.15 Å². The van der Waals surface area contributed by atoms with Gasteiger partial charge in [-0.2, -0.15) is 0 Å². The molecule has 0 saturated heterocycles. The van der Waals surface area contributed by atoms with Crippen LogP contribution < -0.4 is 0 Å². The molecular formula is C12H14ClN3O3. The molecule has 6 nitrogen and oxygen atoms in total. The van der Waals surface area contributed by atoms with Gasteiger partial charge in [-0.15, -0.1) is 0 Å². The van der Waals surface area contributed by atoms with Crippen molar-refractivity contribution in [3.8, 4) is 0 Å². The van der Waals surface area contributed by atoms with Crippen molar-refractivity contribution in [1.82, 2.24) is 14.5 Å². The van der Waals surface area contributed by atoms with Crippen molar-refractivity contribution in [2.45, 2.75) is 24.7 Å². The number of hydrogen-bond acceptors (Lipinski definition) is 5. The smallest absolute Gasteiger partial charge is 0.145 e. The maximum atomic E-state index is 10.1. The first kappa shape index (κ1) is 12.8. The van der Waals surface area contributed by atoms with Gasteiger partial charge in [0.15, 0.2) is 0 Å². The number of rotatable bonds is 2. The predicted molar refractivity (Wildman–Crippen MR) is 68.8 cm³/mol. The van der Waals surface area contributed by atoms with E-state index in [-0.39, 0.29) is 18.6 Å². The van der Waals surface area contributed by atoms with Crippen molar-refractivity contribution < 1.29 is 15.3 Å². The summed E-state index contributed by atoms with van der Waals surface area (Å²) in [5.41, 5.74) is 0.620. The molecule has 1 aliphatic carbocycles. The second-order valence-electron chi connectivity index (χ2n) is 4.85. The minimum absolute atomic E-state index is 0.149. The largest absolute Gasteiger partial charge is 0.396 e. The Morgan fingerprint density at radius 3 is 2.79 bits per heavy atom. The van der Waals surface area contributed by atoms with Gasteiger partial charge in [0.2, 0.25) is 0 Å². The Labute approximate surface area is 114 Å². The summed E-state index contributed by atoms with van der Waals surface area (Å²) in [6, 6.07) is 1.46. The summed E-state index contributed by atoms with van der Waals surface area (Å²) in [6.07, 6.45) is 1.77. The van der Waals surface area contributed by atoms with Crippen LogP contribution >= 0.6 is 11.6 Å². The summed E-state index contributed by atoms with van der Waals surface area (Å²) in [5.74, 6) is -0.324. The van der Waals surface area contributed by atoms with Crippen LogP contribution in [0.4, 0.5) is 0 Å². The molecule has 1 fully saturated rings. The quantitative estimate of drug-likeness (QED) is 0.692. The van der Waals surface area contributed by atoms with Crippen LogP contribution in [0.5, 0.6) is 0 Å². The number of hydrogen-bond donors (Lipinski definition) is 3. The lowest BCUT2D eigenvalue weighted by Gasteiger charge is -2.18. The fourth-order valence-electron chi connectivity index (χ4n) is 2.76. The number of nitrogens with zero attached hydrogens (tertiary/aromatic N) is 3. The fraction of sp³-hybridized carbons (Fsp3) is 0.500. The molecule has 0 unspecified atom stereocenters. The minimum Gasteiger partial charge on any atom is -0.396 e. The van der Waals surface area contributed by atoms with E-state index in [0.717, 1.165) is 0 Å².